The molecule has 1 aromatic rings. The highest BCUT2D eigenvalue weighted by molar-refractivity contribution is 5.32. The molecule has 0 amide bonds. The highest BCUT2D eigenvalue weighted by Gasteiger charge is 2.09. The fourth-order valence-electron chi connectivity index (χ4n) is 1.08. The molecule has 0 unspecified atom stereocenters. The lowest BCUT2D eigenvalue weighted by Crippen LogP contribution is -2.28. The zero-order valence-corrected chi connectivity index (χ0v) is 9.28. The van der Waals surface area contributed by atoms with Crippen molar-refractivity contribution in [3.63, 3.8) is 0 Å². The summed E-state index contributed by atoms with van der Waals surface area (Å²) in [6.45, 7) is 6.67. The number of hydrogen-bond donors (Lipinski definition) is 1. The summed E-state index contributed by atoms with van der Waals surface area (Å²) in [5.74, 6) is 0.759. The van der Waals surface area contributed by atoms with E-state index in [0.29, 0.717) is 12.6 Å². The van der Waals surface area contributed by atoms with E-state index in [2.05, 4.69) is 23.8 Å². The van der Waals surface area contributed by atoms with Gasteiger partial charge in [0.2, 0.25) is 5.95 Å². The Morgan fingerprint density at radius 1 is 1.50 bits per heavy atom. The smallest absolute Gasteiger partial charge is 0.225 e. The van der Waals surface area contributed by atoms with Gasteiger partial charge in [-0.2, -0.15) is 0 Å². The topological polar surface area (TPSA) is 55.0 Å². The third-order valence-electron chi connectivity index (χ3n) is 2.38. The minimum atomic E-state index is 0.401. The zero-order chi connectivity index (χ0) is 10.7. The maximum absolute atomic E-state index is 5.54. The maximum atomic E-state index is 5.54. The van der Waals surface area contributed by atoms with Gasteiger partial charge in [0.15, 0.2) is 0 Å². The first-order valence-corrected chi connectivity index (χ1v) is 4.81. The van der Waals surface area contributed by atoms with Crippen LogP contribution in [-0.2, 0) is 6.54 Å². The summed E-state index contributed by atoms with van der Waals surface area (Å²) < 4.78 is 0. The Labute approximate surface area is 85.2 Å². The van der Waals surface area contributed by atoms with Crippen LogP contribution in [0.25, 0.3) is 0 Å². The first-order valence-electron chi connectivity index (χ1n) is 4.81. The van der Waals surface area contributed by atoms with E-state index in [1.54, 1.807) is 6.20 Å². The summed E-state index contributed by atoms with van der Waals surface area (Å²) in [5.41, 5.74) is 7.51. The Morgan fingerprint density at radius 3 is 2.57 bits per heavy atom. The van der Waals surface area contributed by atoms with E-state index in [1.165, 1.54) is 0 Å². The summed E-state index contributed by atoms with van der Waals surface area (Å²) in [4.78, 5) is 10.7. The van der Waals surface area contributed by atoms with Crippen molar-refractivity contribution in [3.8, 4) is 0 Å². The molecule has 0 aromatic carbocycles. The fourth-order valence-corrected chi connectivity index (χ4v) is 1.08. The van der Waals surface area contributed by atoms with Gasteiger partial charge < -0.3 is 10.6 Å². The monoisotopic (exact) mass is 194 g/mol. The summed E-state index contributed by atoms with van der Waals surface area (Å²) in [5, 5.41) is 0. The molecule has 78 valence electrons. The first kappa shape index (κ1) is 10.9. The summed E-state index contributed by atoms with van der Waals surface area (Å²) >= 11 is 0. The van der Waals surface area contributed by atoms with Crippen molar-refractivity contribution in [1.29, 1.82) is 0 Å². The fraction of sp³-hybridized carbons (Fsp3) is 0.600. The standard InChI is InChI=1S/C10H18N4/c1-7(2)14(4)10-12-6-9(5-11)8(3)13-10/h6-7H,5,11H2,1-4H3. The molecule has 1 aromatic heterocycles. The van der Waals surface area contributed by atoms with Gasteiger partial charge in [0.1, 0.15) is 0 Å². The van der Waals surface area contributed by atoms with Crippen molar-refractivity contribution in [1.82, 2.24) is 9.97 Å². The van der Waals surface area contributed by atoms with Gasteiger partial charge in [-0.05, 0) is 20.8 Å². The van der Waals surface area contributed by atoms with Gasteiger partial charge in [-0.15, -0.1) is 0 Å². The molecule has 0 saturated heterocycles. The van der Waals surface area contributed by atoms with Crippen molar-refractivity contribution in [2.45, 2.75) is 33.4 Å². The van der Waals surface area contributed by atoms with Crippen LogP contribution >= 0.6 is 0 Å². The molecular weight excluding hydrogens is 176 g/mol. The molecule has 0 aliphatic heterocycles. The SMILES string of the molecule is Cc1nc(N(C)C(C)C)ncc1CN. The lowest BCUT2D eigenvalue weighted by molar-refractivity contribution is 0.724. The van der Waals surface area contributed by atoms with E-state index in [0.717, 1.165) is 17.2 Å². The van der Waals surface area contributed by atoms with Gasteiger partial charge in [-0.25, -0.2) is 9.97 Å². The summed E-state index contributed by atoms with van der Waals surface area (Å²) in [7, 11) is 1.99. The van der Waals surface area contributed by atoms with Crippen LogP contribution < -0.4 is 10.6 Å². The Kier molecular flexibility index (Phi) is 3.41. The molecule has 0 fully saturated rings. The van der Waals surface area contributed by atoms with E-state index >= 15 is 0 Å². The highest BCUT2D eigenvalue weighted by Crippen LogP contribution is 2.11. The second kappa shape index (κ2) is 4.37. The van der Waals surface area contributed by atoms with Crippen LogP contribution in [0.15, 0.2) is 6.20 Å². The van der Waals surface area contributed by atoms with Crippen LogP contribution in [0.2, 0.25) is 0 Å². The summed E-state index contributed by atoms with van der Waals surface area (Å²) in [6, 6.07) is 0.401. The lowest BCUT2D eigenvalue weighted by atomic mass is 10.2. The zero-order valence-electron chi connectivity index (χ0n) is 9.28. The van der Waals surface area contributed by atoms with Gasteiger partial charge >= 0.3 is 0 Å². The molecule has 0 aliphatic rings. The second-order valence-corrected chi connectivity index (χ2v) is 3.69. The van der Waals surface area contributed by atoms with E-state index in [1.807, 2.05) is 18.9 Å². The van der Waals surface area contributed by atoms with Crippen LogP contribution in [0, 0.1) is 6.92 Å². The number of anilines is 1. The Bertz CT molecular complexity index is 309. The molecule has 1 heterocycles. The Morgan fingerprint density at radius 2 is 2.14 bits per heavy atom. The van der Waals surface area contributed by atoms with Crippen molar-refractivity contribution < 1.29 is 0 Å². The number of rotatable bonds is 3. The predicted octanol–water partition coefficient (Wildman–Crippen LogP) is 1.09. The number of aromatic nitrogens is 2. The van der Waals surface area contributed by atoms with Crippen molar-refractivity contribution >= 4 is 5.95 Å². The van der Waals surface area contributed by atoms with Gasteiger partial charge in [-0.3, -0.25) is 0 Å². The molecule has 0 bridgehead atoms. The molecule has 4 heteroatoms. The van der Waals surface area contributed by atoms with Crippen molar-refractivity contribution in [3.05, 3.63) is 17.5 Å². The average molecular weight is 194 g/mol. The Balaban J connectivity index is 2.96. The lowest BCUT2D eigenvalue weighted by Gasteiger charge is -2.21. The first-order chi connectivity index (χ1) is 6.56. The maximum Gasteiger partial charge on any atom is 0.225 e. The normalized spacial score (nSPS) is 10.7. The number of nitrogens with two attached hydrogens (primary N) is 1. The van der Waals surface area contributed by atoms with Crippen LogP contribution in [0.5, 0.6) is 0 Å². The van der Waals surface area contributed by atoms with Crippen LogP contribution in [0.1, 0.15) is 25.1 Å². The van der Waals surface area contributed by atoms with E-state index in [4.69, 9.17) is 5.73 Å². The molecule has 0 radical (unpaired) electrons. The molecule has 2 N–H and O–H groups in total. The quantitative estimate of drug-likeness (QED) is 0.782. The molecule has 0 aliphatic carbocycles. The molecule has 14 heavy (non-hydrogen) atoms. The van der Waals surface area contributed by atoms with Crippen LogP contribution in [-0.4, -0.2) is 23.1 Å². The van der Waals surface area contributed by atoms with Gasteiger partial charge in [0.25, 0.3) is 0 Å². The van der Waals surface area contributed by atoms with Crippen LogP contribution in [0.4, 0.5) is 5.95 Å². The molecule has 1 rings (SSSR count). The van der Waals surface area contributed by atoms with Crippen LogP contribution in [0.3, 0.4) is 0 Å². The third-order valence-corrected chi connectivity index (χ3v) is 2.38. The molecule has 4 nitrogen and oxygen atoms in total. The molecule has 0 atom stereocenters. The van der Waals surface area contributed by atoms with Gasteiger partial charge in [-0.1, -0.05) is 0 Å². The second-order valence-electron chi connectivity index (χ2n) is 3.69. The Hall–Kier alpha value is -1.16. The number of aryl methyl sites for hydroxylation is 1. The molecule has 0 saturated carbocycles. The van der Waals surface area contributed by atoms with Gasteiger partial charge in [0.05, 0.1) is 0 Å². The number of nitrogens with zero attached hydrogens (tertiary/aromatic N) is 3. The van der Waals surface area contributed by atoms with E-state index in [-0.39, 0.29) is 0 Å². The average Bonchev–Trinajstić information content (AvgIpc) is 2.16. The minimum absolute atomic E-state index is 0.401. The van der Waals surface area contributed by atoms with Gasteiger partial charge in [0, 0.05) is 37.1 Å². The molecule has 0 spiro atoms. The van der Waals surface area contributed by atoms with Crippen molar-refractivity contribution in [2.24, 2.45) is 5.73 Å². The van der Waals surface area contributed by atoms with E-state index < -0.39 is 0 Å². The van der Waals surface area contributed by atoms with Crippen molar-refractivity contribution in [2.75, 3.05) is 11.9 Å². The molecular formula is C10H18N4. The third kappa shape index (κ3) is 2.20. The number of hydrogen-bond acceptors (Lipinski definition) is 4. The minimum Gasteiger partial charge on any atom is -0.341 e. The predicted molar refractivity (Wildman–Crippen MR) is 58.2 cm³/mol. The summed E-state index contributed by atoms with van der Waals surface area (Å²) in [6.07, 6.45) is 1.80. The van der Waals surface area contributed by atoms with E-state index in [9.17, 15) is 0 Å². The largest absolute Gasteiger partial charge is 0.341 e. The highest BCUT2D eigenvalue weighted by atomic mass is 15.2.